The Morgan fingerprint density at radius 3 is 2.63 bits per heavy atom. The van der Waals surface area contributed by atoms with Crippen LogP contribution in [-0.2, 0) is 0 Å². The van der Waals surface area contributed by atoms with Crippen LogP contribution >= 0.6 is 24.0 Å². The number of hydrogen-bond donors (Lipinski definition) is 2. The topological polar surface area (TPSA) is 55.5 Å². The van der Waals surface area contributed by atoms with E-state index in [0.29, 0.717) is 5.02 Å². The minimum atomic E-state index is -0.690. The minimum absolute atomic E-state index is 0. The fraction of sp³-hybridized carbons (Fsp3) is 0.571. The fourth-order valence-electron chi connectivity index (χ4n) is 3.17. The molecule has 1 fully saturated rings. The summed E-state index contributed by atoms with van der Waals surface area (Å²) in [5, 5.41) is 11.1. The van der Waals surface area contributed by atoms with Crippen LogP contribution in [0.3, 0.4) is 0 Å². The molecule has 0 bridgehead atoms. The van der Waals surface area contributed by atoms with Gasteiger partial charge in [-0.2, -0.15) is 0 Å². The van der Waals surface area contributed by atoms with Crippen molar-refractivity contribution in [2.24, 2.45) is 5.73 Å². The first-order valence-electron chi connectivity index (χ1n) is 6.46. The maximum absolute atomic E-state index is 10.4. The Morgan fingerprint density at radius 1 is 1.37 bits per heavy atom. The average molecular weight is 304 g/mol. The molecule has 1 spiro atoms. The van der Waals surface area contributed by atoms with Crippen molar-refractivity contribution in [2.45, 2.75) is 50.4 Å². The quantitative estimate of drug-likeness (QED) is 0.774. The Bertz CT molecular complexity index is 487. The van der Waals surface area contributed by atoms with Crippen LogP contribution in [0.2, 0.25) is 5.02 Å². The van der Waals surface area contributed by atoms with Gasteiger partial charge in [-0.05, 0) is 50.3 Å². The van der Waals surface area contributed by atoms with E-state index in [0.717, 1.165) is 42.6 Å². The van der Waals surface area contributed by atoms with Gasteiger partial charge in [-0.3, -0.25) is 0 Å². The summed E-state index contributed by atoms with van der Waals surface area (Å²) in [6.45, 7) is 1.94. The van der Waals surface area contributed by atoms with Crippen LogP contribution in [0.15, 0.2) is 12.1 Å². The highest BCUT2D eigenvalue weighted by Crippen LogP contribution is 2.47. The molecular formula is C14H19Cl2NO2. The number of benzene rings is 1. The highest BCUT2D eigenvalue weighted by molar-refractivity contribution is 6.31. The van der Waals surface area contributed by atoms with E-state index in [2.05, 4.69) is 0 Å². The number of ether oxygens (including phenoxy) is 1. The van der Waals surface area contributed by atoms with Gasteiger partial charge in [-0.15, -0.1) is 12.4 Å². The highest BCUT2D eigenvalue weighted by Gasteiger charge is 2.49. The first-order chi connectivity index (χ1) is 8.53. The lowest BCUT2D eigenvalue weighted by atomic mass is 9.82. The van der Waals surface area contributed by atoms with Gasteiger partial charge in [0.25, 0.3) is 0 Å². The summed E-state index contributed by atoms with van der Waals surface area (Å²) in [4.78, 5) is 0. The van der Waals surface area contributed by atoms with Crippen LogP contribution in [0, 0.1) is 6.92 Å². The van der Waals surface area contributed by atoms with E-state index in [-0.39, 0.29) is 24.0 Å². The van der Waals surface area contributed by atoms with Gasteiger partial charge in [-0.25, -0.2) is 0 Å². The van der Waals surface area contributed by atoms with E-state index in [1.54, 1.807) is 6.07 Å². The molecule has 1 aliphatic carbocycles. The smallest absolute Gasteiger partial charge is 0.127 e. The van der Waals surface area contributed by atoms with Crippen LogP contribution in [0.25, 0.3) is 0 Å². The number of aryl methyl sites for hydroxylation is 1. The molecule has 3 N–H and O–H groups in total. The number of fused-ring (bicyclic) bond motifs is 1. The molecule has 3 rings (SSSR count). The van der Waals surface area contributed by atoms with E-state index in [9.17, 15) is 5.11 Å². The van der Waals surface area contributed by atoms with E-state index < -0.39 is 6.10 Å². The number of aliphatic hydroxyl groups excluding tert-OH is 1. The maximum atomic E-state index is 10.4. The summed E-state index contributed by atoms with van der Waals surface area (Å²) in [5.74, 6) is 0.744. The fourth-order valence-corrected chi connectivity index (χ4v) is 3.34. The first kappa shape index (κ1) is 14.9. The zero-order valence-electron chi connectivity index (χ0n) is 10.9. The third-order valence-corrected chi connectivity index (χ3v) is 4.73. The van der Waals surface area contributed by atoms with Crippen LogP contribution in [0.1, 0.15) is 42.9 Å². The van der Waals surface area contributed by atoms with Gasteiger partial charge >= 0.3 is 0 Å². The number of hydrogen-bond acceptors (Lipinski definition) is 3. The summed E-state index contributed by atoms with van der Waals surface area (Å²) < 4.78 is 6.16. The molecule has 1 saturated carbocycles. The molecule has 2 aliphatic rings. The Balaban J connectivity index is 0.00000133. The molecule has 3 nitrogen and oxygen atoms in total. The number of rotatable bonds is 0. The molecule has 0 saturated heterocycles. The summed E-state index contributed by atoms with van der Waals surface area (Å²) >= 11 is 6.10. The second-order valence-electron chi connectivity index (χ2n) is 5.48. The largest absolute Gasteiger partial charge is 0.485 e. The molecule has 2 atom stereocenters. The van der Waals surface area contributed by atoms with Crippen molar-refractivity contribution in [1.82, 2.24) is 0 Å². The average Bonchev–Trinajstić information content (AvgIpc) is 2.79. The van der Waals surface area contributed by atoms with E-state index in [1.807, 2.05) is 13.0 Å². The Morgan fingerprint density at radius 2 is 2.00 bits per heavy atom. The lowest BCUT2D eigenvalue weighted by molar-refractivity contribution is -0.0316. The molecule has 0 aromatic heterocycles. The van der Waals surface area contributed by atoms with Crippen molar-refractivity contribution in [2.75, 3.05) is 0 Å². The van der Waals surface area contributed by atoms with Crippen molar-refractivity contribution in [3.05, 3.63) is 28.3 Å². The summed E-state index contributed by atoms with van der Waals surface area (Å²) in [7, 11) is 0. The molecule has 5 heteroatoms. The van der Waals surface area contributed by atoms with Crippen molar-refractivity contribution >= 4 is 24.0 Å². The number of nitrogens with two attached hydrogens (primary N) is 1. The van der Waals surface area contributed by atoms with Crippen LogP contribution in [-0.4, -0.2) is 16.7 Å². The molecule has 1 aliphatic heterocycles. The van der Waals surface area contributed by atoms with Gasteiger partial charge in [0, 0.05) is 10.6 Å². The Kier molecular flexibility index (Phi) is 4.03. The standard InChI is InChI=1S/C14H18ClNO2.ClH/c1-8-6-11-9(7-10(8)15)12(17)13(16)14(18-11)4-2-3-5-14;/h6-7,12-13,17H,2-5,16H2,1H3;1H. The maximum Gasteiger partial charge on any atom is 0.127 e. The minimum Gasteiger partial charge on any atom is -0.485 e. The molecule has 1 aromatic rings. The van der Waals surface area contributed by atoms with Crippen molar-refractivity contribution in [1.29, 1.82) is 0 Å². The summed E-state index contributed by atoms with van der Waals surface area (Å²) in [5.41, 5.74) is 7.50. The molecule has 0 radical (unpaired) electrons. The van der Waals surface area contributed by atoms with Gasteiger partial charge in [0.05, 0.1) is 6.04 Å². The molecular weight excluding hydrogens is 285 g/mol. The van der Waals surface area contributed by atoms with E-state index in [1.165, 1.54) is 0 Å². The van der Waals surface area contributed by atoms with Gasteiger partial charge < -0.3 is 15.6 Å². The second-order valence-corrected chi connectivity index (χ2v) is 5.89. The predicted octanol–water partition coefficient (Wildman–Crippen LogP) is 3.14. The van der Waals surface area contributed by atoms with Crippen molar-refractivity contribution in [3.8, 4) is 5.75 Å². The molecule has 1 aromatic carbocycles. The molecule has 2 unspecified atom stereocenters. The highest BCUT2D eigenvalue weighted by atomic mass is 35.5. The predicted molar refractivity (Wildman–Crippen MR) is 78.2 cm³/mol. The zero-order chi connectivity index (χ0) is 12.9. The third kappa shape index (κ3) is 2.23. The Labute approximate surface area is 124 Å². The first-order valence-corrected chi connectivity index (χ1v) is 6.84. The van der Waals surface area contributed by atoms with Crippen LogP contribution in [0.5, 0.6) is 5.75 Å². The number of aliphatic hydroxyl groups is 1. The van der Waals surface area contributed by atoms with Gasteiger partial charge in [0.15, 0.2) is 0 Å². The zero-order valence-corrected chi connectivity index (χ0v) is 12.4. The van der Waals surface area contributed by atoms with Crippen LogP contribution in [0.4, 0.5) is 0 Å². The molecule has 106 valence electrons. The van der Waals surface area contributed by atoms with Gasteiger partial charge in [0.1, 0.15) is 17.5 Å². The van der Waals surface area contributed by atoms with Crippen molar-refractivity contribution in [3.63, 3.8) is 0 Å². The van der Waals surface area contributed by atoms with Gasteiger partial charge in [-0.1, -0.05) is 11.6 Å². The van der Waals surface area contributed by atoms with Crippen LogP contribution < -0.4 is 10.5 Å². The van der Waals surface area contributed by atoms with Gasteiger partial charge in [0.2, 0.25) is 0 Å². The normalized spacial score (nSPS) is 27.6. The Hall–Kier alpha value is -0.480. The summed E-state index contributed by atoms with van der Waals surface area (Å²) in [6.07, 6.45) is 3.38. The number of halogens is 2. The second kappa shape index (κ2) is 5.13. The van der Waals surface area contributed by atoms with Crippen molar-refractivity contribution < 1.29 is 9.84 Å². The lowest BCUT2D eigenvalue weighted by Crippen LogP contribution is -2.56. The van der Waals surface area contributed by atoms with E-state index >= 15 is 0 Å². The summed E-state index contributed by atoms with van der Waals surface area (Å²) in [6, 6.07) is 3.32. The third-order valence-electron chi connectivity index (χ3n) is 4.32. The molecule has 1 heterocycles. The molecule has 19 heavy (non-hydrogen) atoms. The lowest BCUT2D eigenvalue weighted by Gasteiger charge is -2.43. The van der Waals surface area contributed by atoms with E-state index in [4.69, 9.17) is 22.1 Å². The monoisotopic (exact) mass is 303 g/mol. The SMILES string of the molecule is Cc1cc2c(cc1Cl)C(O)C(N)C1(CCCC1)O2.Cl. The molecule has 0 amide bonds.